The number of aliphatic carboxylic acids is 1. The molecule has 1 aliphatic heterocycles. The Morgan fingerprint density at radius 3 is 2.76 bits per heavy atom. The molecule has 1 rings (SSSR count). The molecular weight excluding hydrogens is 248 g/mol. The summed E-state index contributed by atoms with van der Waals surface area (Å²) < 4.78 is 24.6. The number of nitrogens with zero attached hydrogens (tertiary/aromatic N) is 1. The quantitative estimate of drug-likeness (QED) is 0.663. The Bertz CT molecular complexity index is 406. The predicted octanol–water partition coefficient (Wildman–Crippen LogP) is -0.999. The molecule has 0 aromatic heterocycles. The Kier molecular flexibility index (Phi) is 4.47. The average Bonchev–Trinajstić information content (AvgIpc) is 2.26. The maximum Gasteiger partial charge on any atom is 0.323 e. The predicted molar refractivity (Wildman–Crippen MR) is 59.8 cm³/mol. The van der Waals surface area contributed by atoms with Gasteiger partial charge in [-0.3, -0.25) is 9.59 Å². The topological polar surface area (TPSA) is 104 Å². The van der Waals surface area contributed by atoms with Crippen molar-refractivity contribution in [2.24, 2.45) is 0 Å². The van der Waals surface area contributed by atoms with Crippen LogP contribution in [0.5, 0.6) is 0 Å². The molecule has 1 atom stereocenters. The molecule has 0 spiro atoms. The molecule has 1 unspecified atom stereocenters. The molecule has 0 radical (unpaired) electrons. The lowest BCUT2D eigenvalue weighted by atomic mass is 10.2. The number of unbranched alkanes of at least 4 members (excludes halogenated alkanes) is 1. The van der Waals surface area contributed by atoms with Crippen molar-refractivity contribution in [3.05, 3.63) is 0 Å². The van der Waals surface area contributed by atoms with E-state index in [1.54, 1.807) is 0 Å². The third-order valence-corrected chi connectivity index (χ3v) is 4.44. The van der Waals surface area contributed by atoms with Gasteiger partial charge in [0, 0.05) is 6.54 Å². The molecule has 0 saturated carbocycles. The van der Waals surface area contributed by atoms with Crippen LogP contribution in [0.1, 0.15) is 19.8 Å². The fourth-order valence-corrected chi connectivity index (χ4v) is 3.32. The van der Waals surface area contributed by atoms with Crippen LogP contribution in [0.4, 0.5) is 0 Å². The van der Waals surface area contributed by atoms with E-state index in [0.717, 1.165) is 4.31 Å². The maximum absolute atomic E-state index is 11.9. The second-order valence-corrected chi connectivity index (χ2v) is 5.91. The van der Waals surface area contributed by atoms with Crippen LogP contribution in [0.3, 0.4) is 0 Å². The number of hydrogen-bond acceptors (Lipinski definition) is 4. The van der Waals surface area contributed by atoms with Gasteiger partial charge in [0.15, 0.2) is 0 Å². The third-order valence-electron chi connectivity index (χ3n) is 2.54. The van der Waals surface area contributed by atoms with Gasteiger partial charge in [0.2, 0.25) is 15.9 Å². The number of sulfonamides is 1. The van der Waals surface area contributed by atoms with Crippen molar-refractivity contribution in [2.75, 3.05) is 18.8 Å². The first kappa shape index (κ1) is 13.9. The highest BCUT2D eigenvalue weighted by Gasteiger charge is 2.39. The van der Waals surface area contributed by atoms with Crippen LogP contribution < -0.4 is 5.32 Å². The number of carbonyl (C=O) groups is 2. The zero-order valence-corrected chi connectivity index (χ0v) is 10.4. The van der Waals surface area contributed by atoms with Gasteiger partial charge in [-0.2, -0.15) is 4.31 Å². The molecule has 1 fully saturated rings. The van der Waals surface area contributed by atoms with Crippen molar-refractivity contribution in [3.8, 4) is 0 Å². The Hall–Kier alpha value is -1.15. The van der Waals surface area contributed by atoms with E-state index in [-0.39, 0.29) is 12.3 Å². The highest BCUT2D eigenvalue weighted by molar-refractivity contribution is 7.89. The average molecular weight is 264 g/mol. The fourth-order valence-electron chi connectivity index (χ4n) is 1.57. The lowest BCUT2D eigenvalue weighted by Gasteiger charge is -2.31. The number of hydrogen-bond donors (Lipinski definition) is 2. The molecule has 7 nitrogen and oxygen atoms in total. The molecule has 0 aliphatic carbocycles. The summed E-state index contributed by atoms with van der Waals surface area (Å²) in [6.45, 7) is 1.25. The van der Waals surface area contributed by atoms with Gasteiger partial charge < -0.3 is 10.4 Å². The zero-order valence-electron chi connectivity index (χ0n) is 9.55. The van der Waals surface area contributed by atoms with Gasteiger partial charge in [-0.25, -0.2) is 8.42 Å². The third kappa shape index (κ3) is 3.40. The Morgan fingerprint density at radius 2 is 2.24 bits per heavy atom. The summed E-state index contributed by atoms with van der Waals surface area (Å²) >= 11 is 0. The lowest BCUT2D eigenvalue weighted by molar-refractivity contribution is -0.143. The molecule has 0 aromatic rings. The molecule has 1 saturated heterocycles. The Balaban J connectivity index is 2.89. The normalized spacial score (nSPS) is 22.2. The van der Waals surface area contributed by atoms with Crippen molar-refractivity contribution in [1.82, 2.24) is 9.62 Å². The van der Waals surface area contributed by atoms with Gasteiger partial charge in [0.05, 0.1) is 12.3 Å². The number of carboxylic acid groups (broad SMARTS) is 1. The molecule has 1 amide bonds. The van der Waals surface area contributed by atoms with Gasteiger partial charge in [-0.1, -0.05) is 13.3 Å². The van der Waals surface area contributed by atoms with E-state index in [1.165, 1.54) is 0 Å². The van der Waals surface area contributed by atoms with Crippen LogP contribution in [0.15, 0.2) is 0 Å². The van der Waals surface area contributed by atoms with Crippen molar-refractivity contribution < 1.29 is 23.1 Å². The summed E-state index contributed by atoms with van der Waals surface area (Å²) in [6, 6.07) is -1.20. The minimum atomic E-state index is -3.68. The number of carbonyl (C=O) groups excluding carboxylic acids is 1. The van der Waals surface area contributed by atoms with E-state index in [2.05, 4.69) is 5.32 Å². The molecule has 2 N–H and O–H groups in total. The summed E-state index contributed by atoms with van der Waals surface area (Å²) in [5.41, 5.74) is 0. The van der Waals surface area contributed by atoms with E-state index in [9.17, 15) is 18.0 Å². The molecule has 98 valence electrons. The van der Waals surface area contributed by atoms with Crippen molar-refractivity contribution in [2.45, 2.75) is 25.8 Å². The van der Waals surface area contributed by atoms with E-state index in [4.69, 9.17) is 5.11 Å². The van der Waals surface area contributed by atoms with Gasteiger partial charge in [-0.15, -0.1) is 0 Å². The van der Waals surface area contributed by atoms with Gasteiger partial charge in [-0.05, 0) is 6.42 Å². The second-order valence-electron chi connectivity index (χ2n) is 3.87. The highest BCUT2D eigenvalue weighted by atomic mass is 32.2. The first-order chi connectivity index (χ1) is 7.88. The minimum Gasteiger partial charge on any atom is -0.480 e. The zero-order chi connectivity index (χ0) is 13.1. The van der Waals surface area contributed by atoms with Crippen molar-refractivity contribution in [3.63, 3.8) is 0 Å². The molecule has 0 bridgehead atoms. The number of piperazine rings is 1. The molecular formula is C9H16N2O5S. The van der Waals surface area contributed by atoms with E-state index in [0.29, 0.717) is 12.8 Å². The van der Waals surface area contributed by atoms with Crippen LogP contribution in [0.2, 0.25) is 0 Å². The fraction of sp³-hybridized carbons (Fsp3) is 0.778. The lowest BCUT2D eigenvalue weighted by Crippen LogP contribution is -2.59. The number of nitrogens with one attached hydrogen (secondary N) is 1. The highest BCUT2D eigenvalue weighted by Crippen LogP contribution is 2.12. The standard InChI is InChI=1S/C9H16N2O5S/c1-2-3-4-17(15,16)11-6-8(12)10-5-7(11)9(13)14/h7H,2-6H2,1H3,(H,10,12)(H,13,14). The van der Waals surface area contributed by atoms with Crippen LogP contribution in [0.25, 0.3) is 0 Å². The van der Waals surface area contributed by atoms with Crippen LogP contribution in [-0.4, -0.2) is 54.6 Å². The van der Waals surface area contributed by atoms with Crippen molar-refractivity contribution >= 4 is 21.9 Å². The van der Waals surface area contributed by atoms with Crippen LogP contribution >= 0.6 is 0 Å². The molecule has 1 aliphatic rings. The van der Waals surface area contributed by atoms with Crippen LogP contribution in [0, 0.1) is 0 Å². The minimum absolute atomic E-state index is 0.124. The summed E-state index contributed by atoms with van der Waals surface area (Å²) in [4.78, 5) is 22.1. The van der Waals surface area contributed by atoms with Gasteiger partial charge in [0.1, 0.15) is 6.04 Å². The van der Waals surface area contributed by atoms with Gasteiger partial charge in [0.25, 0.3) is 0 Å². The number of rotatable bonds is 5. The van der Waals surface area contributed by atoms with Crippen LogP contribution in [-0.2, 0) is 19.6 Å². The molecule has 8 heteroatoms. The van der Waals surface area contributed by atoms with Crippen molar-refractivity contribution in [1.29, 1.82) is 0 Å². The molecule has 17 heavy (non-hydrogen) atoms. The van der Waals surface area contributed by atoms with Gasteiger partial charge >= 0.3 is 5.97 Å². The Morgan fingerprint density at radius 1 is 1.59 bits per heavy atom. The second kappa shape index (κ2) is 5.46. The largest absolute Gasteiger partial charge is 0.480 e. The summed E-state index contributed by atoms with van der Waals surface area (Å²) in [5, 5.41) is 11.3. The molecule has 0 aromatic carbocycles. The molecule has 1 heterocycles. The first-order valence-corrected chi connectivity index (χ1v) is 6.98. The monoisotopic (exact) mass is 264 g/mol. The summed E-state index contributed by atoms with van der Waals surface area (Å²) in [6.07, 6.45) is 1.14. The first-order valence-electron chi connectivity index (χ1n) is 5.37. The number of amides is 1. The summed E-state index contributed by atoms with van der Waals surface area (Å²) in [7, 11) is -3.68. The Labute approximate surface area is 99.8 Å². The summed E-state index contributed by atoms with van der Waals surface area (Å²) in [5.74, 6) is -1.84. The van der Waals surface area contributed by atoms with E-state index >= 15 is 0 Å². The SMILES string of the molecule is CCCCS(=O)(=O)N1CC(=O)NCC1C(=O)O. The van der Waals surface area contributed by atoms with E-state index in [1.807, 2.05) is 6.92 Å². The smallest absolute Gasteiger partial charge is 0.323 e. The number of carboxylic acids is 1. The van der Waals surface area contributed by atoms with E-state index < -0.39 is 34.5 Å². The maximum atomic E-state index is 11.9.